The van der Waals surface area contributed by atoms with Gasteiger partial charge in [-0.25, -0.2) is 0 Å². The van der Waals surface area contributed by atoms with Crippen LogP contribution in [0.25, 0.3) is 0 Å². The maximum atomic E-state index is 5.51. The molecule has 0 amide bonds. The second-order valence-corrected chi connectivity index (χ2v) is 3.51. The molecule has 1 aromatic carbocycles. The second kappa shape index (κ2) is 4.97. The van der Waals surface area contributed by atoms with Gasteiger partial charge < -0.3 is 4.74 Å². The molecule has 0 aromatic heterocycles. The van der Waals surface area contributed by atoms with E-state index < -0.39 is 0 Å². The fraction of sp³-hybridized carbons (Fsp3) is 0.364. The molecule has 0 aliphatic rings. The first kappa shape index (κ1) is 10.2. The maximum Gasteiger partial charge on any atom is 0.119 e. The third-order valence-corrected chi connectivity index (χ3v) is 1.78. The molecule has 0 heterocycles. The van der Waals surface area contributed by atoms with Gasteiger partial charge in [0.25, 0.3) is 0 Å². The minimum atomic E-state index is 0.233. The van der Waals surface area contributed by atoms with Gasteiger partial charge in [-0.3, -0.25) is 0 Å². The molecule has 70 valence electrons. The summed E-state index contributed by atoms with van der Waals surface area (Å²) in [7, 11) is 0. The Labute approximate surface area is 84.7 Å². The van der Waals surface area contributed by atoms with Crippen LogP contribution in [0.4, 0.5) is 0 Å². The van der Waals surface area contributed by atoms with Crippen molar-refractivity contribution in [1.29, 1.82) is 0 Å². The zero-order valence-corrected chi connectivity index (χ0v) is 8.80. The predicted octanol–water partition coefficient (Wildman–Crippen LogP) is 3.02. The van der Waals surface area contributed by atoms with Gasteiger partial charge in [0.05, 0.1) is 6.10 Å². The molecule has 0 saturated heterocycles. The molecule has 13 heavy (non-hydrogen) atoms. The van der Waals surface area contributed by atoms with E-state index in [1.54, 1.807) is 5.37 Å². The largest absolute Gasteiger partial charge is 0.491 e. The lowest BCUT2D eigenvalue weighted by Crippen LogP contribution is -2.05. The fourth-order valence-corrected chi connectivity index (χ4v) is 1.26. The van der Waals surface area contributed by atoms with Crippen molar-refractivity contribution in [1.82, 2.24) is 0 Å². The van der Waals surface area contributed by atoms with Crippen LogP contribution < -0.4 is 4.74 Å². The molecule has 0 N–H and O–H groups in total. The summed E-state index contributed by atoms with van der Waals surface area (Å²) in [5.41, 5.74) is 1.23. The van der Waals surface area contributed by atoms with Crippen LogP contribution in [0.5, 0.6) is 5.75 Å². The summed E-state index contributed by atoms with van der Waals surface area (Å²) in [5.74, 6) is 0.920. The summed E-state index contributed by atoms with van der Waals surface area (Å²) in [5, 5.41) is 1.73. The first-order valence-corrected chi connectivity index (χ1v) is 4.88. The molecule has 2 heteroatoms. The van der Waals surface area contributed by atoms with Crippen LogP contribution in [0.1, 0.15) is 19.4 Å². The fourth-order valence-electron chi connectivity index (χ4n) is 1.07. The van der Waals surface area contributed by atoms with Gasteiger partial charge >= 0.3 is 0 Å². The Morgan fingerprint density at radius 3 is 2.38 bits per heavy atom. The molecule has 0 bridgehead atoms. The van der Waals surface area contributed by atoms with Crippen molar-refractivity contribution >= 4 is 17.6 Å². The van der Waals surface area contributed by atoms with E-state index in [-0.39, 0.29) is 6.10 Å². The molecule has 1 rings (SSSR count). The van der Waals surface area contributed by atoms with Crippen LogP contribution in [-0.4, -0.2) is 11.5 Å². The molecule has 1 aromatic rings. The Morgan fingerprint density at radius 1 is 1.31 bits per heavy atom. The standard InChI is InChI=1S/C11H14OS/c1-9(2)12-11-5-3-10(4-6-11)7-8-13/h3-6,8-9H,7H2,1-2H3. The molecule has 0 fully saturated rings. The van der Waals surface area contributed by atoms with Crippen molar-refractivity contribution in [3.05, 3.63) is 29.8 Å². The molecule has 1 nitrogen and oxygen atoms in total. The number of rotatable bonds is 4. The molecule has 0 aliphatic heterocycles. The lowest BCUT2D eigenvalue weighted by molar-refractivity contribution is 0.242. The van der Waals surface area contributed by atoms with Crippen molar-refractivity contribution < 1.29 is 4.74 Å². The summed E-state index contributed by atoms with van der Waals surface area (Å²) in [6.07, 6.45) is 1.08. The average Bonchev–Trinajstić information content (AvgIpc) is 2.08. The van der Waals surface area contributed by atoms with Gasteiger partial charge in [-0.1, -0.05) is 24.4 Å². The molecule has 0 aliphatic carbocycles. The zero-order chi connectivity index (χ0) is 9.68. The number of ether oxygens (including phenoxy) is 1. The lowest BCUT2D eigenvalue weighted by atomic mass is 10.2. The van der Waals surface area contributed by atoms with E-state index in [2.05, 4.69) is 0 Å². The number of benzene rings is 1. The van der Waals surface area contributed by atoms with Crippen molar-refractivity contribution in [2.45, 2.75) is 26.4 Å². The number of hydrogen-bond donors (Lipinski definition) is 0. The van der Waals surface area contributed by atoms with Crippen molar-refractivity contribution in [2.75, 3.05) is 0 Å². The van der Waals surface area contributed by atoms with E-state index in [0.29, 0.717) is 0 Å². The van der Waals surface area contributed by atoms with E-state index in [9.17, 15) is 0 Å². The van der Waals surface area contributed by atoms with E-state index in [4.69, 9.17) is 17.0 Å². The Kier molecular flexibility index (Phi) is 3.90. The molecule has 0 radical (unpaired) electrons. The normalized spacial score (nSPS) is 10.1. The van der Waals surface area contributed by atoms with Crippen LogP contribution in [-0.2, 0) is 6.42 Å². The molecule has 0 atom stereocenters. The van der Waals surface area contributed by atoms with Gasteiger partial charge in [0.1, 0.15) is 5.75 Å². The Hall–Kier alpha value is -0.890. The topological polar surface area (TPSA) is 9.23 Å². The predicted molar refractivity (Wildman–Crippen MR) is 59.6 cm³/mol. The van der Waals surface area contributed by atoms with Gasteiger partial charge in [-0.2, -0.15) is 0 Å². The van der Waals surface area contributed by atoms with Gasteiger partial charge in [0.2, 0.25) is 0 Å². The Balaban J connectivity index is 2.63. The third-order valence-electron chi connectivity index (χ3n) is 1.61. The smallest absolute Gasteiger partial charge is 0.119 e. The molecular formula is C11H14OS. The molecular weight excluding hydrogens is 180 g/mol. The highest BCUT2D eigenvalue weighted by molar-refractivity contribution is 7.78. The van der Waals surface area contributed by atoms with Crippen LogP contribution in [0.2, 0.25) is 0 Å². The monoisotopic (exact) mass is 194 g/mol. The first-order chi connectivity index (χ1) is 6.22. The second-order valence-electron chi connectivity index (χ2n) is 3.18. The highest BCUT2D eigenvalue weighted by Gasteiger charge is 1.96. The maximum absolute atomic E-state index is 5.51. The number of hydrogen-bond acceptors (Lipinski definition) is 2. The van der Waals surface area contributed by atoms with Gasteiger partial charge in [-0.05, 0) is 36.9 Å². The van der Waals surface area contributed by atoms with Gasteiger partial charge in [0, 0.05) is 6.42 Å². The summed E-state index contributed by atoms with van der Waals surface area (Å²) in [4.78, 5) is 0. The van der Waals surface area contributed by atoms with Crippen LogP contribution in [0.15, 0.2) is 24.3 Å². The van der Waals surface area contributed by atoms with Crippen molar-refractivity contribution in [3.8, 4) is 5.75 Å². The Morgan fingerprint density at radius 2 is 1.92 bits per heavy atom. The highest BCUT2D eigenvalue weighted by atomic mass is 32.1. The number of thiocarbonyl (C=S) groups is 1. The minimum Gasteiger partial charge on any atom is -0.491 e. The van der Waals surface area contributed by atoms with Crippen LogP contribution in [0, 0.1) is 0 Å². The lowest BCUT2D eigenvalue weighted by Gasteiger charge is -2.09. The van der Waals surface area contributed by atoms with E-state index in [1.807, 2.05) is 38.1 Å². The van der Waals surface area contributed by atoms with Gasteiger partial charge in [0.15, 0.2) is 0 Å². The average molecular weight is 194 g/mol. The zero-order valence-electron chi connectivity index (χ0n) is 7.99. The van der Waals surface area contributed by atoms with Gasteiger partial charge in [-0.15, -0.1) is 0 Å². The summed E-state index contributed by atoms with van der Waals surface area (Å²) in [6, 6.07) is 8.04. The van der Waals surface area contributed by atoms with Crippen LogP contribution >= 0.6 is 12.2 Å². The summed E-state index contributed by atoms with van der Waals surface area (Å²) < 4.78 is 5.51. The third kappa shape index (κ3) is 3.55. The van der Waals surface area contributed by atoms with E-state index >= 15 is 0 Å². The van der Waals surface area contributed by atoms with Crippen molar-refractivity contribution in [3.63, 3.8) is 0 Å². The minimum absolute atomic E-state index is 0.233. The van der Waals surface area contributed by atoms with Crippen LogP contribution in [0.3, 0.4) is 0 Å². The Bertz CT molecular complexity index is 264. The molecule has 0 spiro atoms. The van der Waals surface area contributed by atoms with E-state index in [0.717, 1.165) is 12.2 Å². The highest BCUT2D eigenvalue weighted by Crippen LogP contribution is 2.13. The molecule has 0 saturated carbocycles. The SMILES string of the molecule is CC(C)Oc1ccc(CC=S)cc1. The summed E-state index contributed by atoms with van der Waals surface area (Å²) in [6.45, 7) is 4.04. The summed E-state index contributed by atoms with van der Waals surface area (Å²) >= 11 is 4.78. The van der Waals surface area contributed by atoms with E-state index in [1.165, 1.54) is 5.56 Å². The first-order valence-electron chi connectivity index (χ1n) is 4.41. The molecule has 0 unspecified atom stereocenters. The quantitative estimate of drug-likeness (QED) is 0.681. The van der Waals surface area contributed by atoms with Crippen molar-refractivity contribution in [2.24, 2.45) is 0 Å².